The molecule has 2 aromatic carbocycles. The Morgan fingerprint density at radius 3 is 2.11 bits per heavy atom. The second-order valence-electron chi connectivity index (χ2n) is 8.31. The normalized spacial score (nSPS) is 14.8. The monoisotopic (exact) mass is 513 g/mol. The molecule has 0 radical (unpaired) electrons. The van der Waals surface area contributed by atoms with Gasteiger partial charge in [-0.2, -0.15) is 0 Å². The maximum absolute atomic E-state index is 13.4. The van der Waals surface area contributed by atoms with Gasteiger partial charge in [0, 0.05) is 31.7 Å². The second kappa shape index (κ2) is 10.3. The summed E-state index contributed by atoms with van der Waals surface area (Å²) in [5.74, 6) is -2.40. The first-order valence-electron chi connectivity index (χ1n) is 11.2. The van der Waals surface area contributed by atoms with E-state index in [-0.39, 0.29) is 48.3 Å². The number of rotatable bonds is 6. The summed E-state index contributed by atoms with van der Waals surface area (Å²) in [6.07, 6.45) is 1.38. The van der Waals surface area contributed by atoms with Crippen molar-refractivity contribution in [1.29, 1.82) is 0 Å². The number of amides is 3. The molecular weight excluding hydrogens is 489 g/mol. The molecule has 188 valence electrons. The van der Waals surface area contributed by atoms with Crippen LogP contribution >= 0.6 is 0 Å². The summed E-state index contributed by atoms with van der Waals surface area (Å²) >= 11 is 0. The zero-order valence-electron chi connectivity index (χ0n) is 19.4. The molecule has 4 rings (SSSR count). The van der Waals surface area contributed by atoms with Crippen molar-refractivity contribution >= 4 is 27.6 Å². The number of halogens is 1. The highest BCUT2D eigenvalue weighted by atomic mass is 32.2. The zero-order valence-corrected chi connectivity index (χ0v) is 20.2. The molecule has 0 spiro atoms. The molecule has 0 aliphatic carbocycles. The largest absolute Gasteiger partial charge is 0.459 e. The third-order valence-corrected chi connectivity index (χ3v) is 7.73. The Hall–Kier alpha value is -3.99. The van der Waals surface area contributed by atoms with E-state index in [2.05, 4.69) is 5.32 Å². The summed E-state index contributed by atoms with van der Waals surface area (Å²) in [7, 11) is -4.43. The molecule has 1 saturated heterocycles. The number of nitrogens with one attached hydrogen (secondary N) is 1. The van der Waals surface area contributed by atoms with Crippen LogP contribution in [0.5, 0.6) is 0 Å². The van der Waals surface area contributed by atoms with Crippen LogP contribution in [0.2, 0.25) is 0 Å². The van der Waals surface area contributed by atoms with Crippen molar-refractivity contribution < 1.29 is 31.6 Å². The van der Waals surface area contributed by atoms with Crippen molar-refractivity contribution in [3.63, 3.8) is 0 Å². The number of hydrogen-bond donors (Lipinski definition) is 1. The molecule has 1 aliphatic heterocycles. The Bertz CT molecular complexity index is 1350. The topological polar surface area (TPSA) is 117 Å². The number of carbonyl (C=O) groups excluding carboxylic acids is 3. The molecule has 0 saturated carbocycles. The van der Waals surface area contributed by atoms with Gasteiger partial charge in [-0.1, -0.05) is 17.7 Å². The van der Waals surface area contributed by atoms with E-state index < -0.39 is 32.8 Å². The molecule has 1 N–H and O–H groups in total. The van der Waals surface area contributed by atoms with Gasteiger partial charge in [-0.25, -0.2) is 12.8 Å². The van der Waals surface area contributed by atoms with Crippen molar-refractivity contribution in [3.05, 3.63) is 89.6 Å². The summed E-state index contributed by atoms with van der Waals surface area (Å²) in [6, 6.07) is 13.6. The number of hydrogen-bond acceptors (Lipinski definition) is 6. The first-order valence-corrected chi connectivity index (χ1v) is 12.7. The maximum Gasteiger partial charge on any atom is 0.289 e. The molecular formula is C25H24FN3O6S. The number of furan rings is 1. The van der Waals surface area contributed by atoms with E-state index in [0.717, 1.165) is 29.8 Å². The fourth-order valence-electron chi connectivity index (χ4n) is 3.79. The highest BCUT2D eigenvalue weighted by molar-refractivity contribution is 7.92. The van der Waals surface area contributed by atoms with Crippen molar-refractivity contribution in [2.45, 2.75) is 17.2 Å². The Morgan fingerprint density at radius 2 is 1.53 bits per heavy atom. The molecule has 1 aliphatic rings. The number of sulfone groups is 1. The van der Waals surface area contributed by atoms with E-state index in [1.807, 2.05) is 6.92 Å². The molecule has 2 heterocycles. The standard InChI is InChI=1S/C25H24FN3O6S/c1-17-4-6-18(7-5-17)22(30)27-23(36(33,34)20-10-8-19(26)9-11-20)25(32)29-14-12-28(13-15-29)24(31)21-3-2-16-35-21/h2-11,16,23H,12-15H2,1H3,(H,27,30). The van der Waals surface area contributed by atoms with Crippen LogP contribution in [0, 0.1) is 12.7 Å². The third kappa shape index (κ3) is 5.30. The maximum atomic E-state index is 13.4. The van der Waals surface area contributed by atoms with Crippen LogP contribution in [-0.2, 0) is 14.6 Å². The van der Waals surface area contributed by atoms with Crippen LogP contribution in [-0.4, -0.2) is 67.5 Å². The van der Waals surface area contributed by atoms with E-state index in [9.17, 15) is 27.2 Å². The van der Waals surface area contributed by atoms with Gasteiger partial charge in [0.2, 0.25) is 15.2 Å². The van der Waals surface area contributed by atoms with Crippen LogP contribution < -0.4 is 5.32 Å². The minimum absolute atomic E-state index is 0.0567. The van der Waals surface area contributed by atoms with Gasteiger partial charge in [-0.05, 0) is 55.5 Å². The van der Waals surface area contributed by atoms with Gasteiger partial charge in [0.15, 0.2) is 5.76 Å². The molecule has 1 fully saturated rings. The van der Waals surface area contributed by atoms with Gasteiger partial charge in [0.1, 0.15) is 5.82 Å². The summed E-state index contributed by atoms with van der Waals surface area (Å²) in [6.45, 7) is 2.26. The Labute approximate surface area is 207 Å². The van der Waals surface area contributed by atoms with Crippen LogP contribution in [0.1, 0.15) is 26.5 Å². The molecule has 9 nitrogen and oxygen atoms in total. The van der Waals surface area contributed by atoms with E-state index in [1.54, 1.807) is 18.2 Å². The van der Waals surface area contributed by atoms with Crippen LogP contribution in [0.3, 0.4) is 0 Å². The van der Waals surface area contributed by atoms with Gasteiger partial charge in [-0.3, -0.25) is 14.4 Å². The lowest BCUT2D eigenvalue weighted by molar-refractivity contribution is -0.132. The lowest BCUT2D eigenvalue weighted by Crippen LogP contribution is -2.57. The molecule has 1 aromatic heterocycles. The third-order valence-electron chi connectivity index (χ3n) is 5.86. The minimum atomic E-state index is -4.43. The lowest BCUT2D eigenvalue weighted by atomic mass is 10.1. The smallest absolute Gasteiger partial charge is 0.289 e. The molecule has 0 bridgehead atoms. The lowest BCUT2D eigenvalue weighted by Gasteiger charge is -2.36. The number of piperazine rings is 1. The molecule has 1 unspecified atom stereocenters. The van der Waals surface area contributed by atoms with Crippen LogP contribution in [0.15, 0.2) is 76.2 Å². The number of benzene rings is 2. The second-order valence-corrected chi connectivity index (χ2v) is 10.3. The highest BCUT2D eigenvalue weighted by Crippen LogP contribution is 2.19. The van der Waals surface area contributed by atoms with Gasteiger partial charge >= 0.3 is 0 Å². The molecule has 11 heteroatoms. The number of nitrogens with zero attached hydrogens (tertiary/aromatic N) is 2. The fraction of sp³-hybridized carbons (Fsp3) is 0.240. The summed E-state index contributed by atoms with van der Waals surface area (Å²) in [5.41, 5.74) is 1.08. The summed E-state index contributed by atoms with van der Waals surface area (Å²) < 4.78 is 45.4. The molecule has 3 aromatic rings. The van der Waals surface area contributed by atoms with E-state index in [4.69, 9.17) is 4.42 Å². The predicted molar refractivity (Wildman–Crippen MR) is 127 cm³/mol. The average Bonchev–Trinajstić information content (AvgIpc) is 3.42. The van der Waals surface area contributed by atoms with Crippen molar-refractivity contribution in [1.82, 2.24) is 15.1 Å². The van der Waals surface area contributed by atoms with Crippen molar-refractivity contribution in [2.24, 2.45) is 0 Å². The van der Waals surface area contributed by atoms with Gasteiger partial charge in [0.25, 0.3) is 17.7 Å². The van der Waals surface area contributed by atoms with E-state index in [1.165, 1.54) is 34.3 Å². The number of aryl methyl sites for hydroxylation is 1. The summed E-state index contributed by atoms with van der Waals surface area (Å²) in [4.78, 5) is 41.3. The van der Waals surface area contributed by atoms with Gasteiger partial charge < -0.3 is 19.5 Å². The first kappa shape index (κ1) is 25.1. The fourth-order valence-corrected chi connectivity index (χ4v) is 5.26. The van der Waals surface area contributed by atoms with Crippen molar-refractivity contribution in [3.8, 4) is 0 Å². The predicted octanol–water partition coefficient (Wildman–Crippen LogP) is 2.24. The van der Waals surface area contributed by atoms with Gasteiger partial charge in [-0.15, -0.1) is 0 Å². The first-order chi connectivity index (χ1) is 17.2. The number of carbonyl (C=O) groups is 3. The van der Waals surface area contributed by atoms with Crippen molar-refractivity contribution in [2.75, 3.05) is 26.2 Å². The summed E-state index contributed by atoms with van der Waals surface area (Å²) in [5, 5.41) is 0.412. The molecule has 1 atom stereocenters. The Morgan fingerprint density at radius 1 is 0.917 bits per heavy atom. The van der Waals surface area contributed by atoms with Crippen LogP contribution in [0.4, 0.5) is 4.39 Å². The Balaban J connectivity index is 1.56. The molecule has 36 heavy (non-hydrogen) atoms. The van der Waals surface area contributed by atoms with E-state index in [0.29, 0.717) is 0 Å². The SMILES string of the molecule is Cc1ccc(C(=O)NC(C(=O)N2CCN(C(=O)c3ccco3)CC2)S(=O)(=O)c2ccc(F)cc2)cc1. The Kier molecular flexibility index (Phi) is 7.20. The van der Waals surface area contributed by atoms with Gasteiger partial charge in [0.05, 0.1) is 11.2 Å². The van der Waals surface area contributed by atoms with E-state index >= 15 is 0 Å². The minimum Gasteiger partial charge on any atom is -0.459 e. The zero-order chi connectivity index (χ0) is 25.9. The molecule has 3 amide bonds. The van der Waals surface area contributed by atoms with Crippen LogP contribution in [0.25, 0.3) is 0 Å². The highest BCUT2D eigenvalue weighted by Gasteiger charge is 2.39. The average molecular weight is 514 g/mol. The quantitative estimate of drug-likeness (QED) is 0.506.